The highest BCUT2D eigenvalue weighted by atomic mass is 16.5. The van der Waals surface area contributed by atoms with Gasteiger partial charge in [0.2, 0.25) is 0 Å². The van der Waals surface area contributed by atoms with Crippen molar-refractivity contribution in [1.82, 2.24) is 10.1 Å². The van der Waals surface area contributed by atoms with Crippen molar-refractivity contribution in [2.24, 2.45) is 5.73 Å². The topological polar surface area (TPSA) is 130 Å². The fraction of sp³-hybridized carbons (Fsp3) is 0.0769. The maximum Gasteiger partial charge on any atom is 0.257 e. The number of fused-ring (bicyclic) bond motifs is 2. The number of carbonyl (C=O) groups is 2. The van der Waals surface area contributed by atoms with Crippen LogP contribution in [0, 0.1) is 6.92 Å². The Hall–Kier alpha value is -4.92. The van der Waals surface area contributed by atoms with E-state index in [0.29, 0.717) is 45.3 Å². The molecule has 174 valence electrons. The van der Waals surface area contributed by atoms with Crippen molar-refractivity contribution in [2.75, 3.05) is 12.4 Å². The first kappa shape index (κ1) is 21.9. The molecular weight excluding hydrogens is 448 g/mol. The lowest BCUT2D eigenvalue weighted by atomic mass is 10.0. The second-order valence-electron chi connectivity index (χ2n) is 7.81. The van der Waals surface area contributed by atoms with Gasteiger partial charge in [-0.05, 0) is 54.1 Å². The van der Waals surface area contributed by atoms with Crippen LogP contribution in [0.3, 0.4) is 0 Å². The van der Waals surface area contributed by atoms with E-state index in [9.17, 15) is 9.59 Å². The van der Waals surface area contributed by atoms with Crippen molar-refractivity contribution < 1.29 is 23.6 Å². The molecule has 0 aliphatic heterocycles. The summed E-state index contributed by atoms with van der Waals surface area (Å²) in [7, 11) is 1.46. The zero-order valence-corrected chi connectivity index (χ0v) is 18.9. The van der Waals surface area contributed by atoms with Crippen molar-refractivity contribution in [1.29, 1.82) is 0 Å². The molecule has 0 atom stereocenters. The predicted octanol–water partition coefficient (Wildman–Crippen LogP) is 4.84. The monoisotopic (exact) mass is 468 g/mol. The van der Waals surface area contributed by atoms with Crippen molar-refractivity contribution in [3.05, 3.63) is 83.7 Å². The van der Waals surface area contributed by atoms with E-state index in [4.69, 9.17) is 19.7 Å². The number of hydrogen-bond donors (Lipinski definition) is 2. The summed E-state index contributed by atoms with van der Waals surface area (Å²) in [6.07, 6.45) is 1.61. The molecule has 0 fully saturated rings. The third-order valence-corrected chi connectivity index (χ3v) is 5.48. The van der Waals surface area contributed by atoms with Gasteiger partial charge in [0, 0.05) is 29.3 Å². The molecule has 0 saturated heterocycles. The summed E-state index contributed by atoms with van der Waals surface area (Å²) in [6, 6.07) is 17.4. The molecule has 0 spiro atoms. The average molecular weight is 468 g/mol. The van der Waals surface area contributed by atoms with E-state index in [1.165, 1.54) is 7.11 Å². The van der Waals surface area contributed by atoms with Gasteiger partial charge < -0.3 is 25.0 Å². The van der Waals surface area contributed by atoms with E-state index >= 15 is 0 Å². The molecule has 9 heteroatoms. The van der Waals surface area contributed by atoms with Gasteiger partial charge >= 0.3 is 0 Å². The number of nitrogens with one attached hydrogen (secondary N) is 1. The van der Waals surface area contributed by atoms with Crippen LogP contribution in [-0.4, -0.2) is 29.1 Å². The molecule has 0 bridgehead atoms. The number of nitrogens with zero attached hydrogens (tertiary/aromatic N) is 2. The number of hydrogen-bond acceptors (Lipinski definition) is 7. The number of anilines is 1. The summed E-state index contributed by atoms with van der Waals surface area (Å²) < 4.78 is 16.4. The lowest BCUT2D eigenvalue weighted by molar-refractivity contribution is 0.0995. The van der Waals surface area contributed by atoms with Crippen molar-refractivity contribution in [3.63, 3.8) is 0 Å². The van der Waals surface area contributed by atoms with Gasteiger partial charge in [0.15, 0.2) is 5.82 Å². The number of benzene rings is 3. The highest BCUT2D eigenvalue weighted by Gasteiger charge is 2.16. The van der Waals surface area contributed by atoms with Crippen LogP contribution in [0.4, 0.5) is 5.82 Å². The highest BCUT2D eigenvalue weighted by Crippen LogP contribution is 2.34. The van der Waals surface area contributed by atoms with Crippen molar-refractivity contribution in [2.45, 2.75) is 6.92 Å². The number of ether oxygens (including phenoxy) is 2. The van der Waals surface area contributed by atoms with Gasteiger partial charge in [-0.3, -0.25) is 14.6 Å². The first-order valence-corrected chi connectivity index (χ1v) is 10.6. The number of amides is 2. The largest absolute Gasteiger partial charge is 0.496 e. The standard InChI is InChI=1S/C26H20N4O5/c1-14-10-24(30-35-14)29-26(32)18-5-3-4-15-11-16(6-7-17(15)18)34-22-8-9-28-21-13-23(33-2)20(25(27)31)12-19(21)22/h3-13H,1-2H3,(H2,27,31)(H,29,30,32). The van der Waals surface area contributed by atoms with Gasteiger partial charge in [0.05, 0.1) is 18.2 Å². The Morgan fingerprint density at radius 2 is 1.83 bits per heavy atom. The summed E-state index contributed by atoms with van der Waals surface area (Å²) >= 11 is 0. The molecule has 3 N–H and O–H groups in total. The molecule has 5 aromatic rings. The average Bonchev–Trinajstić information content (AvgIpc) is 3.27. The van der Waals surface area contributed by atoms with E-state index in [-0.39, 0.29) is 11.5 Å². The molecule has 35 heavy (non-hydrogen) atoms. The van der Waals surface area contributed by atoms with E-state index in [1.807, 2.05) is 18.2 Å². The third kappa shape index (κ3) is 4.22. The van der Waals surface area contributed by atoms with E-state index in [0.717, 1.165) is 10.8 Å². The van der Waals surface area contributed by atoms with E-state index < -0.39 is 5.91 Å². The van der Waals surface area contributed by atoms with Gasteiger partial charge in [-0.15, -0.1) is 0 Å². The quantitative estimate of drug-likeness (QED) is 0.365. The summed E-state index contributed by atoms with van der Waals surface area (Å²) in [5.74, 6) is 1.42. The molecule has 2 heterocycles. The Balaban J connectivity index is 1.49. The number of carbonyl (C=O) groups excluding carboxylic acids is 2. The zero-order valence-electron chi connectivity index (χ0n) is 18.9. The number of aromatic nitrogens is 2. The fourth-order valence-corrected chi connectivity index (χ4v) is 3.86. The normalized spacial score (nSPS) is 10.9. The Morgan fingerprint density at radius 3 is 2.57 bits per heavy atom. The third-order valence-electron chi connectivity index (χ3n) is 5.48. The van der Waals surface area contributed by atoms with Gasteiger partial charge in [0.25, 0.3) is 11.8 Å². The maximum atomic E-state index is 12.8. The van der Waals surface area contributed by atoms with Gasteiger partial charge in [-0.25, -0.2) is 0 Å². The Morgan fingerprint density at radius 1 is 0.971 bits per heavy atom. The second-order valence-corrected chi connectivity index (χ2v) is 7.81. The number of rotatable bonds is 6. The Kier molecular flexibility index (Phi) is 5.50. The van der Waals surface area contributed by atoms with Gasteiger partial charge in [0.1, 0.15) is 23.0 Å². The molecule has 3 aromatic carbocycles. The van der Waals surface area contributed by atoms with Crippen LogP contribution in [0.25, 0.3) is 21.7 Å². The van der Waals surface area contributed by atoms with Crippen LogP contribution in [-0.2, 0) is 0 Å². The Labute approximate surface area is 199 Å². The lowest BCUT2D eigenvalue weighted by Crippen LogP contribution is -2.12. The van der Waals surface area contributed by atoms with Crippen LogP contribution < -0.4 is 20.5 Å². The molecule has 2 amide bonds. The minimum Gasteiger partial charge on any atom is -0.496 e. The van der Waals surface area contributed by atoms with Crippen LogP contribution in [0.15, 0.2) is 71.4 Å². The molecule has 0 aliphatic carbocycles. The van der Waals surface area contributed by atoms with Crippen LogP contribution in [0.5, 0.6) is 17.2 Å². The number of nitrogens with two attached hydrogens (primary N) is 1. The molecule has 0 unspecified atom stereocenters. The van der Waals surface area contributed by atoms with Crippen LogP contribution in [0.2, 0.25) is 0 Å². The SMILES string of the molecule is COc1cc2nccc(Oc3ccc4c(C(=O)Nc5cc(C)on5)cccc4c3)c2cc1C(N)=O. The first-order chi connectivity index (χ1) is 16.9. The molecular formula is C26H20N4O5. The number of aryl methyl sites for hydroxylation is 1. The smallest absolute Gasteiger partial charge is 0.257 e. The van der Waals surface area contributed by atoms with Gasteiger partial charge in [-0.2, -0.15) is 0 Å². The van der Waals surface area contributed by atoms with Crippen LogP contribution in [0.1, 0.15) is 26.5 Å². The minimum absolute atomic E-state index is 0.231. The summed E-state index contributed by atoms with van der Waals surface area (Å²) in [5, 5.41) is 8.71. The predicted molar refractivity (Wildman–Crippen MR) is 130 cm³/mol. The molecule has 2 aromatic heterocycles. The van der Waals surface area contributed by atoms with Gasteiger partial charge in [-0.1, -0.05) is 17.3 Å². The number of pyridine rings is 1. The summed E-state index contributed by atoms with van der Waals surface area (Å²) in [5.41, 5.74) is 6.82. The summed E-state index contributed by atoms with van der Waals surface area (Å²) in [6.45, 7) is 1.75. The lowest BCUT2D eigenvalue weighted by Gasteiger charge is -2.13. The zero-order chi connectivity index (χ0) is 24.5. The second kappa shape index (κ2) is 8.79. The molecule has 0 radical (unpaired) electrons. The summed E-state index contributed by atoms with van der Waals surface area (Å²) in [4.78, 5) is 29.0. The highest BCUT2D eigenvalue weighted by molar-refractivity contribution is 6.12. The molecule has 9 nitrogen and oxygen atoms in total. The van der Waals surface area contributed by atoms with E-state index in [1.54, 1.807) is 55.6 Å². The van der Waals surface area contributed by atoms with Crippen LogP contribution >= 0.6 is 0 Å². The van der Waals surface area contributed by atoms with E-state index in [2.05, 4.69) is 15.5 Å². The molecule has 0 aliphatic rings. The first-order valence-electron chi connectivity index (χ1n) is 10.6. The van der Waals surface area contributed by atoms with Crippen molar-refractivity contribution in [3.8, 4) is 17.2 Å². The molecule has 5 rings (SSSR count). The number of primary amides is 1. The minimum atomic E-state index is -0.615. The fourth-order valence-electron chi connectivity index (χ4n) is 3.86. The van der Waals surface area contributed by atoms with Crippen molar-refractivity contribution >= 4 is 39.3 Å². The number of methoxy groups -OCH3 is 1. The molecule has 0 saturated carbocycles. The Bertz CT molecular complexity index is 1610. The maximum absolute atomic E-state index is 12.8.